The second kappa shape index (κ2) is 6.72. The number of aromatic amines is 1. The van der Waals surface area contributed by atoms with Crippen LogP contribution in [0.2, 0.25) is 0 Å². The number of aliphatic hydroxyl groups excluding tert-OH is 1. The van der Waals surface area contributed by atoms with Crippen LogP contribution in [-0.2, 0) is 17.8 Å². The van der Waals surface area contributed by atoms with Crippen molar-refractivity contribution in [3.8, 4) is 22.4 Å². The number of carbonyl (C=O) groups is 1. The number of aliphatic hydroxyl groups is 1. The van der Waals surface area contributed by atoms with Gasteiger partial charge in [-0.3, -0.25) is 4.79 Å². The SMILES string of the molecule is Cc1c(-c2ccccc2)[nH]c(CO)c1-c1ccc(CC(=O)O)cc1. The molecule has 0 saturated carbocycles. The van der Waals surface area contributed by atoms with Crippen LogP contribution in [0.4, 0.5) is 0 Å². The Hall–Kier alpha value is -2.85. The summed E-state index contributed by atoms with van der Waals surface area (Å²) in [5.41, 5.74) is 6.58. The highest BCUT2D eigenvalue weighted by Gasteiger charge is 2.16. The van der Waals surface area contributed by atoms with E-state index < -0.39 is 5.97 Å². The molecule has 0 radical (unpaired) electrons. The Morgan fingerprint density at radius 1 is 1.00 bits per heavy atom. The van der Waals surface area contributed by atoms with Gasteiger partial charge in [0.2, 0.25) is 0 Å². The largest absolute Gasteiger partial charge is 0.481 e. The average molecular weight is 321 g/mol. The number of hydrogen-bond donors (Lipinski definition) is 3. The first-order valence-electron chi connectivity index (χ1n) is 7.79. The van der Waals surface area contributed by atoms with Crippen LogP contribution in [0.15, 0.2) is 54.6 Å². The first-order valence-corrected chi connectivity index (χ1v) is 7.79. The summed E-state index contributed by atoms with van der Waals surface area (Å²) in [6, 6.07) is 17.4. The zero-order valence-corrected chi connectivity index (χ0v) is 13.4. The maximum absolute atomic E-state index is 10.8. The summed E-state index contributed by atoms with van der Waals surface area (Å²) < 4.78 is 0. The van der Waals surface area contributed by atoms with Gasteiger partial charge in [-0.15, -0.1) is 0 Å². The van der Waals surface area contributed by atoms with Crippen molar-refractivity contribution in [2.24, 2.45) is 0 Å². The van der Waals surface area contributed by atoms with Crippen molar-refractivity contribution in [3.63, 3.8) is 0 Å². The predicted molar refractivity (Wildman–Crippen MR) is 93.7 cm³/mol. The number of aliphatic carboxylic acids is 1. The lowest BCUT2D eigenvalue weighted by Crippen LogP contribution is -1.99. The first kappa shape index (κ1) is 16.0. The number of hydrogen-bond acceptors (Lipinski definition) is 2. The molecular weight excluding hydrogens is 302 g/mol. The summed E-state index contributed by atoms with van der Waals surface area (Å²) in [5, 5.41) is 18.6. The average Bonchev–Trinajstić information content (AvgIpc) is 2.92. The fraction of sp³-hybridized carbons (Fsp3) is 0.150. The highest BCUT2D eigenvalue weighted by molar-refractivity contribution is 5.80. The van der Waals surface area contributed by atoms with Gasteiger partial charge in [0, 0.05) is 17.0 Å². The van der Waals surface area contributed by atoms with E-state index >= 15 is 0 Å². The number of carboxylic acid groups (broad SMARTS) is 1. The maximum atomic E-state index is 10.8. The van der Waals surface area contributed by atoms with Gasteiger partial charge in [-0.05, 0) is 29.2 Å². The van der Waals surface area contributed by atoms with E-state index in [1.807, 2.05) is 61.5 Å². The molecule has 0 aliphatic carbocycles. The minimum absolute atomic E-state index is 0.00845. The van der Waals surface area contributed by atoms with E-state index in [2.05, 4.69) is 4.98 Å². The summed E-state index contributed by atoms with van der Waals surface area (Å²) in [4.78, 5) is 14.1. The molecule has 0 aliphatic heterocycles. The van der Waals surface area contributed by atoms with Crippen molar-refractivity contribution in [1.29, 1.82) is 0 Å². The molecule has 0 bridgehead atoms. The van der Waals surface area contributed by atoms with E-state index in [4.69, 9.17) is 5.11 Å². The molecular formula is C20H19NO3. The molecule has 0 fully saturated rings. The van der Waals surface area contributed by atoms with Crippen LogP contribution in [0.3, 0.4) is 0 Å². The van der Waals surface area contributed by atoms with Gasteiger partial charge in [-0.2, -0.15) is 0 Å². The Kier molecular flexibility index (Phi) is 4.49. The second-order valence-corrected chi connectivity index (χ2v) is 5.77. The van der Waals surface area contributed by atoms with Crippen LogP contribution in [0.1, 0.15) is 16.8 Å². The Balaban J connectivity index is 2.04. The lowest BCUT2D eigenvalue weighted by molar-refractivity contribution is -0.136. The zero-order chi connectivity index (χ0) is 17.1. The first-order chi connectivity index (χ1) is 11.6. The smallest absolute Gasteiger partial charge is 0.307 e. The van der Waals surface area contributed by atoms with Gasteiger partial charge in [0.25, 0.3) is 0 Å². The number of benzene rings is 2. The lowest BCUT2D eigenvalue weighted by Gasteiger charge is -2.06. The Morgan fingerprint density at radius 2 is 1.67 bits per heavy atom. The Labute approximate surface area is 140 Å². The number of aromatic nitrogens is 1. The van der Waals surface area contributed by atoms with Crippen molar-refractivity contribution in [2.75, 3.05) is 0 Å². The summed E-state index contributed by atoms with van der Waals surface area (Å²) in [6.07, 6.45) is 0.00845. The summed E-state index contributed by atoms with van der Waals surface area (Å²) in [5.74, 6) is -0.844. The summed E-state index contributed by atoms with van der Waals surface area (Å²) in [6.45, 7) is 1.94. The van der Waals surface area contributed by atoms with Crippen molar-refractivity contribution < 1.29 is 15.0 Å². The predicted octanol–water partition coefficient (Wildman–Crippen LogP) is 3.78. The topological polar surface area (TPSA) is 73.3 Å². The number of carboxylic acids is 1. The fourth-order valence-corrected chi connectivity index (χ4v) is 3.03. The molecule has 4 heteroatoms. The van der Waals surface area contributed by atoms with Crippen LogP contribution < -0.4 is 0 Å². The van der Waals surface area contributed by atoms with E-state index in [9.17, 15) is 9.90 Å². The molecule has 3 rings (SSSR count). The van der Waals surface area contributed by atoms with Gasteiger partial charge in [0.05, 0.1) is 13.0 Å². The third kappa shape index (κ3) is 3.09. The van der Waals surface area contributed by atoms with Gasteiger partial charge in [-0.1, -0.05) is 54.6 Å². The van der Waals surface area contributed by atoms with Crippen molar-refractivity contribution >= 4 is 5.97 Å². The highest BCUT2D eigenvalue weighted by atomic mass is 16.4. The van der Waals surface area contributed by atoms with E-state index in [-0.39, 0.29) is 13.0 Å². The third-order valence-corrected chi connectivity index (χ3v) is 4.15. The van der Waals surface area contributed by atoms with E-state index in [1.54, 1.807) is 0 Å². The van der Waals surface area contributed by atoms with Crippen LogP contribution in [0.5, 0.6) is 0 Å². The molecule has 3 aromatic rings. The zero-order valence-electron chi connectivity index (χ0n) is 13.4. The Morgan fingerprint density at radius 3 is 2.25 bits per heavy atom. The van der Waals surface area contributed by atoms with E-state index in [0.717, 1.165) is 39.2 Å². The van der Waals surface area contributed by atoms with Crippen LogP contribution in [0, 0.1) is 6.92 Å². The molecule has 0 aliphatic rings. The van der Waals surface area contributed by atoms with Gasteiger partial charge >= 0.3 is 5.97 Å². The highest BCUT2D eigenvalue weighted by Crippen LogP contribution is 2.35. The van der Waals surface area contributed by atoms with Crippen molar-refractivity contribution in [1.82, 2.24) is 4.98 Å². The third-order valence-electron chi connectivity index (χ3n) is 4.15. The molecule has 3 N–H and O–H groups in total. The maximum Gasteiger partial charge on any atom is 0.307 e. The normalized spacial score (nSPS) is 10.8. The second-order valence-electron chi connectivity index (χ2n) is 5.77. The summed E-state index contributed by atoms with van der Waals surface area (Å²) >= 11 is 0. The molecule has 24 heavy (non-hydrogen) atoms. The molecule has 122 valence electrons. The number of rotatable bonds is 5. The number of H-pyrrole nitrogens is 1. The van der Waals surface area contributed by atoms with Crippen molar-refractivity contribution in [2.45, 2.75) is 20.0 Å². The van der Waals surface area contributed by atoms with Crippen molar-refractivity contribution in [3.05, 3.63) is 71.4 Å². The molecule has 0 atom stereocenters. The number of nitrogens with one attached hydrogen (secondary N) is 1. The standard InChI is InChI=1S/C20H19NO3/c1-13-19(15-9-7-14(8-10-15)11-18(23)24)17(12-22)21-20(13)16-5-3-2-4-6-16/h2-10,21-22H,11-12H2,1H3,(H,23,24). The van der Waals surface area contributed by atoms with Gasteiger partial charge in [0.1, 0.15) is 0 Å². The molecule has 0 saturated heterocycles. The Bertz CT molecular complexity index is 849. The van der Waals surface area contributed by atoms with Gasteiger partial charge in [-0.25, -0.2) is 0 Å². The molecule has 0 amide bonds. The monoisotopic (exact) mass is 321 g/mol. The lowest BCUT2D eigenvalue weighted by atomic mass is 9.97. The fourth-order valence-electron chi connectivity index (χ4n) is 3.03. The van der Waals surface area contributed by atoms with Gasteiger partial charge in [0.15, 0.2) is 0 Å². The quantitative estimate of drug-likeness (QED) is 0.669. The molecule has 1 aromatic heterocycles. The van der Waals surface area contributed by atoms with Crippen LogP contribution >= 0.6 is 0 Å². The molecule has 2 aromatic carbocycles. The molecule has 0 unspecified atom stereocenters. The molecule has 4 nitrogen and oxygen atoms in total. The van der Waals surface area contributed by atoms with Crippen LogP contribution in [-0.4, -0.2) is 21.2 Å². The van der Waals surface area contributed by atoms with Gasteiger partial charge < -0.3 is 15.2 Å². The molecule has 0 spiro atoms. The minimum atomic E-state index is -0.844. The van der Waals surface area contributed by atoms with E-state index in [1.165, 1.54) is 0 Å². The summed E-state index contributed by atoms with van der Waals surface area (Å²) in [7, 11) is 0. The minimum Gasteiger partial charge on any atom is -0.481 e. The van der Waals surface area contributed by atoms with E-state index in [0.29, 0.717) is 0 Å². The van der Waals surface area contributed by atoms with Crippen LogP contribution in [0.25, 0.3) is 22.4 Å². The molecule has 1 heterocycles.